The first kappa shape index (κ1) is 25.0. The predicted octanol–water partition coefficient (Wildman–Crippen LogP) is 2.70. The summed E-state index contributed by atoms with van der Waals surface area (Å²) in [5, 5.41) is 5.28. The number of morpholine rings is 1. The molecule has 12 heteroatoms. The summed E-state index contributed by atoms with van der Waals surface area (Å²) in [6, 6.07) is 8.67. The van der Waals surface area contributed by atoms with Crippen molar-refractivity contribution in [1.82, 2.24) is 10.2 Å². The molecule has 1 aliphatic rings. The van der Waals surface area contributed by atoms with Crippen LogP contribution in [-0.4, -0.2) is 75.0 Å². The fraction of sp³-hybridized carbons (Fsp3) is 0.381. The highest BCUT2D eigenvalue weighted by molar-refractivity contribution is 7.18. The number of carbonyl (C=O) groups excluding carboxylic acids is 3. The van der Waals surface area contributed by atoms with Crippen LogP contribution in [0.25, 0.3) is 0 Å². The molecule has 0 spiro atoms. The quantitative estimate of drug-likeness (QED) is 0.552. The van der Waals surface area contributed by atoms with Crippen molar-refractivity contribution in [3.8, 4) is 0 Å². The highest BCUT2D eigenvalue weighted by atomic mass is 35.5. The minimum absolute atomic E-state index is 0.0139. The first-order valence-electron chi connectivity index (χ1n) is 10.1. The van der Waals surface area contributed by atoms with Gasteiger partial charge in [-0.2, -0.15) is 0 Å². The van der Waals surface area contributed by atoms with E-state index in [0.717, 1.165) is 11.3 Å². The van der Waals surface area contributed by atoms with Crippen LogP contribution in [0.4, 0.5) is 20.2 Å². The van der Waals surface area contributed by atoms with Gasteiger partial charge in [0, 0.05) is 24.5 Å². The van der Waals surface area contributed by atoms with E-state index in [1.165, 1.54) is 11.9 Å². The minimum Gasteiger partial charge on any atom is -0.370 e. The van der Waals surface area contributed by atoms with Crippen LogP contribution in [0.15, 0.2) is 36.4 Å². The van der Waals surface area contributed by atoms with Crippen molar-refractivity contribution in [3.63, 3.8) is 0 Å². The second-order valence-corrected chi connectivity index (χ2v) is 9.01. The maximum atomic E-state index is 12.9. The maximum Gasteiger partial charge on any atom is 0.261 e. The number of benzene rings is 1. The molecule has 1 aliphatic heterocycles. The Kier molecular flexibility index (Phi) is 8.73. The topological polar surface area (TPSA) is 91.0 Å². The molecule has 33 heavy (non-hydrogen) atoms. The van der Waals surface area contributed by atoms with Crippen LogP contribution in [0.3, 0.4) is 0 Å². The molecule has 0 radical (unpaired) electrons. The SMILES string of the molecule is CN(CC(F)F)[C@@H](CNC(=O)c1ccc(Cl)s1)C(=O)Nc1ccc(N2CCOCC2=O)cc1. The Labute approximate surface area is 198 Å². The van der Waals surface area contributed by atoms with E-state index >= 15 is 0 Å². The molecule has 1 fully saturated rings. The number of ether oxygens (including phenoxy) is 1. The van der Waals surface area contributed by atoms with Crippen molar-refractivity contribution >= 4 is 52.0 Å². The average molecular weight is 501 g/mol. The molecule has 2 aromatic rings. The number of anilines is 2. The summed E-state index contributed by atoms with van der Waals surface area (Å²) in [6.45, 7) is 0.0621. The Balaban J connectivity index is 1.66. The lowest BCUT2D eigenvalue weighted by Crippen LogP contribution is -2.50. The summed E-state index contributed by atoms with van der Waals surface area (Å²) in [5.74, 6) is -1.16. The number of alkyl halides is 2. The summed E-state index contributed by atoms with van der Waals surface area (Å²) in [6.07, 6.45) is -2.65. The number of rotatable bonds is 9. The zero-order chi connectivity index (χ0) is 24.0. The van der Waals surface area contributed by atoms with Crippen LogP contribution in [0.1, 0.15) is 9.67 Å². The van der Waals surface area contributed by atoms with Gasteiger partial charge in [0.2, 0.25) is 5.91 Å². The number of likely N-dealkylation sites (N-methyl/N-ethyl adjacent to an activating group) is 1. The number of nitrogens with one attached hydrogen (secondary N) is 2. The van der Waals surface area contributed by atoms with Crippen LogP contribution in [0.2, 0.25) is 4.34 Å². The van der Waals surface area contributed by atoms with Gasteiger partial charge < -0.3 is 20.3 Å². The summed E-state index contributed by atoms with van der Waals surface area (Å²) in [4.78, 5) is 40.3. The van der Waals surface area contributed by atoms with Crippen molar-refractivity contribution in [2.75, 3.05) is 50.1 Å². The molecule has 178 valence electrons. The Bertz CT molecular complexity index is 989. The van der Waals surface area contributed by atoms with E-state index in [1.807, 2.05) is 0 Å². The third kappa shape index (κ3) is 6.94. The van der Waals surface area contributed by atoms with Gasteiger partial charge in [0.05, 0.1) is 22.4 Å². The number of thiophene rings is 1. The predicted molar refractivity (Wildman–Crippen MR) is 122 cm³/mol. The zero-order valence-electron chi connectivity index (χ0n) is 17.7. The second-order valence-electron chi connectivity index (χ2n) is 7.29. The van der Waals surface area contributed by atoms with Crippen LogP contribution < -0.4 is 15.5 Å². The van der Waals surface area contributed by atoms with Gasteiger partial charge >= 0.3 is 0 Å². The molecule has 0 bridgehead atoms. The summed E-state index contributed by atoms with van der Waals surface area (Å²) in [5.41, 5.74) is 1.09. The lowest BCUT2D eigenvalue weighted by Gasteiger charge is -2.28. The number of amides is 3. The lowest BCUT2D eigenvalue weighted by molar-refractivity contribution is -0.125. The van der Waals surface area contributed by atoms with Crippen LogP contribution in [0.5, 0.6) is 0 Å². The van der Waals surface area contributed by atoms with Gasteiger partial charge in [0.1, 0.15) is 12.6 Å². The van der Waals surface area contributed by atoms with Gasteiger partial charge in [-0.15, -0.1) is 11.3 Å². The molecule has 2 heterocycles. The largest absolute Gasteiger partial charge is 0.370 e. The lowest BCUT2D eigenvalue weighted by atomic mass is 10.2. The number of hydrogen-bond donors (Lipinski definition) is 2. The molecular weight excluding hydrogens is 478 g/mol. The number of nitrogens with zero attached hydrogens (tertiary/aromatic N) is 2. The molecule has 2 N–H and O–H groups in total. The molecule has 1 atom stereocenters. The van der Waals surface area contributed by atoms with Crippen LogP contribution >= 0.6 is 22.9 Å². The van der Waals surface area contributed by atoms with Gasteiger partial charge in [-0.1, -0.05) is 11.6 Å². The molecule has 8 nitrogen and oxygen atoms in total. The van der Waals surface area contributed by atoms with Crippen LogP contribution in [-0.2, 0) is 14.3 Å². The standard InChI is InChI=1S/C21H23ClF2N4O4S/c1-27(11-18(23)24)15(10-25-21(31)16-6-7-17(22)33-16)20(30)26-13-2-4-14(5-3-13)28-8-9-32-12-19(28)29/h2-7,15,18H,8-12H2,1H3,(H,25,31)(H,26,30)/t15-/m0/s1. The van der Waals surface area contributed by atoms with E-state index in [-0.39, 0.29) is 19.1 Å². The molecule has 1 aromatic heterocycles. The van der Waals surface area contributed by atoms with Crippen molar-refractivity contribution < 1.29 is 27.9 Å². The van der Waals surface area contributed by atoms with Crippen molar-refractivity contribution in [3.05, 3.63) is 45.6 Å². The Morgan fingerprint density at radius 3 is 2.58 bits per heavy atom. The molecule has 1 saturated heterocycles. The monoisotopic (exact) mass is 500 g/mol. The van der Waals surface area contributed by atoms with E-state index in [4.69, 9.17) is 16.3 Å². The third-order valence-corrected chi connectivity index (χ3v) is 6.18. The fourth-order valence-corrected chi connectivity index (χ4v) is 4.21. The number of halogens is 3. The molecule has 3 rings (SSSR count). The van der Waals surface area contributed by atoms with Crippen LogP contribution in [0, 0.1) is 0 Å². The summed E-state index contributed by atoms with van der Waals surface area (Å²) < 4.78 is 31.4. The number of carbonyl (C=O) groups is 3. The molecule has 0 aliphatic carbocycles. The fourth-order valence-electron chi connectivity index (χ4n) is 3.25. The first-order valence-corrected chi connectivity index (χ1v) is 11.2. The van der Waals surface area contributed by atoms with Crippen molar-refractivity contribution in [2.45, 2.75) is 12.5 Å². The first-order chi connectivity index (χ1) is 15.7. The third-order valence-electron chi connectivity index (χ3n) is 4.95. The molecule has 3 amide bonds. The van der Waals surface area contributed by atoms with E-state index < -0.39 is 30.8 Å². The zero-order valence-corrected chi connectivity index (χ0v) is 19.3. The van der Waals surface area contributed by atoms with Gasteiger partial charge in [0.15, 0.2) is 0 Å². The second kappa shape index (κ2) is 11.5. The van der Waals surface area contributed by atoms with Crippen molar-refractivity contribution in [2.24, 2.45) is 0 Å². The van der Waals surface area contributed by atoms with E-state index in [1.54, 1.807) is 41.3 Å². The van der Waals surface area contributed by atoms with Gasteiger partial charge in [-0.25, -0.2) is 8.78 Å². The molecular formula is C21H23ClF2N4O4S. The van der Waals surface area contributed by atoms with Gasteiger partial charge in [0.25, 0.3) is 18.2 Å². The minimum atomic E-state index is -2.65. The Morgan fingerprint density at radius 1 is 1.24 bits per heavy atom. The van der Waals surface area contributed by atoms with Gasteiger partial charge in [-0.3, -0.25) is 19.3 Å². The highest BCUT2D eigenvalue weighted by Crippen LogP contribution is 2.22. The number of hydrogen-bond acceptors (Lipinski definition) is 6. The Hall–Kier alpha value is -2.60. The van der Waals surface area contributed by atoms with Gasteiger partial charge in [-0.05, 0) is 43.4 Å². The molecule has 0 unspecified atom stereocenters. The van der Waals surface area contributed by atoms with Crippen molar-refractivity contribution in [1.29, 1.82) is 0 Å². The Morgan fingerprint density at radius 2 is 1.97 bits per heavy atom. The summed E-state index contributed by atoms with van der Waals surface area (Å²) in [7, 11) is 1.39. The highest BCUT2D eigenvalue weighted by Gasteiger charge is 2.27. The average Bonchev–Trinajstić information content (AvgIpc) is 3.21. The van der Waals surface area contributed by atoms with E-state index in [2.05, 4.69) is 10.6 Å². The smallest absolute Gasteiger partial charge is 0.261 e. The maximum absolute atomic E-state index is 12.9. The molecule has 0 saturated carbocycles. The normalized spacial score (nSPS) is 15.1. The van der Waals surface area contributed by atoms with E-state index in [9.17, 15) is 23.2 Å². The molecule has 1 aromatic carbocycles. The summed E-state index contributed by atoms with van der Waals surface area (Å²) >= 11 is 6.91. The van der Waals surface area contributed by atoms with E-state index in [0.29, 0.717) is 33.7 Å².